The second-order valence-electron chi connectivity index (χ2n) is 11.6. The van der Waals surface area contributed by atoms with Gasteiger partial charge in [0.15, 0.2) is 23.0 Å². The van der Waals surface area contributed by atoms with Gasteiger partial charge in [-0.15, -0.1) is 0 Å². The average molecular weight is 614 g/mol. The zero-order valence-electron chi connectivity index (χ0n) is 23.8. The van der Waals surface area contributed by atoms with Gasteiger partial charge in [-0.25, -0.2) is 0 Å². The Balaban J connectivity index is 1.52. The van der Waals surface area contributed by atoms with Gasteiger partial charge in [-0.3, -0.25) is 14.9 Å². The van der Waals surface area contributed by atoms with Gasteiger partial charge in [-0.1, -0.05) is 19.1 Å². The number of phenols is 4. The summed E-state index contributed by atoms with van der Waals surface area (Å²) in [5.74, 6) is -4.81. The van der Waals surface area contributed by atoms with Crippen LogP contribution < -0.4 is 14.2 Å². The van der Waals surface area contributed by atoms with Crippen molar-refractivity contribution < 1.29 is 49.5 Å². The number of nitrogens with zero attached hydrogens (tertiary/aromatic N) is 1. The minimum absolute atomic E-state index is 0.145. The third-order valence-electron chi connectivity index (χ3n) is 9.20. The summed E-state index contributed by atoms with van der Waals surface area (Å²) in [5, 5.41) is 63.1. The molecule has 3 heterocycles. The molecule has 0 saturated heterocycles. The maximum atomic E-state index is 13.0. The van der Waals surface area contributed by atoms with Crippen LogP contribution in [0.3, 0.4) is 0 Å². The van der Waals surface area contributed by atoms with E-state index >= 15 is 0 Å². The second kappa shape index (κ2) is 9.68. The number of rotatable bonds is 5. The molecule has 1 unspecified atom stereocenters. The lowest BCUT2D eigenvalue weighted by Gasteiger charge is -2.54. The number of hydrogen-bond acceptors (Lipinski definition) is 10. The number of nitro benzene ring substituents is 1. The van der Waals surface area contributed by atoms with Gasteiger partial charge in [0.25, 0.3) is 11.5 Å². The van der Waals surface area contributed by atoms with Crippen LogP contribution in [0.2, 0.25) is 0 Å². The van der Waals surface area contributed by atoms with Crippen LogP contribution in [-0.2, 0) is 22.4 Å². The molecule has 7 rings (SSSR count). The minimum atomic E-state index is -1.71. The number of ether oxygens (including phenoxy) is 3. The van der Waals surface area contributed by atoms with Crippen LogP contribution in [0, 0.1) is 16.0 Å². The SMILES string of the molecule is CC(C(=O)O)[C@@]12C[C@](c3ccc(O)c(O)c3)(Oc3ccc([N+](=O)[O-])cc31)Oc1ccc3c(c12)O[C@@H](c1ccc(O)c(O)c1)CC3. The highest BCUT2D eigenvalue weighted by Gasteiger charge is 2.63. The topological polar surface area (TPSA) is 189 Å². The number of aryl methyl sites for hydroxylation is 1. The van der Waals surface area contributed by atoms with Gasteiger partial charge in [0.05, 0.1) is 16.3 Å². The molecule has 4 atom stereocenters. The Hall–Kier alpha value is -5.65. The van der Waals surface area contributed by atoms with Crippen molar-refractivity contribution in [2.24, 2.45) is 5.92 Å². The molecule has 230 valence electrons. The number of aromatic hydroxyl groups is 4. The van der Waals surface area contributed by atoms with Crippen LogP contribution in [0.1, 0.15) is 53.7 Å². The summed E-state index contributed by atoms with van der Waals surface area (Å²) in [6.45, 7) is 1.52. The first-order chi connectivity index (χ1) is 21.4. The second-order valence-corrected chi connectivity index (χ2v) is 11.6. The van der Waals surface area contributed by atoms with Gasteiger partial charge in [0, 0.05) is 35.2 Å². The van der Waals surface area contributed by atoms with Gasteiger partial charge in [0.1, 0.15) is 23.4 Å². The predicted octanol–water partition coefficient (Wildman–Crippen LogP) is 5.52. The van der Waals surface area contributed by atoms with Crippen LogP contribution in [0.25, 0.3) is 0 Å². The number of carboxylic acids is 1. The van der Waals surface area contributed by atoms with Crippen LogP contribution >= 0.6 is 0 Å². The summed E-state index contributed by atoms with van der Waals surface area (Å²) in [6, 6.07) is 15.9. The van der Waals surface area contributed by atoms with Gasteiger partial charge < -0.3 is 39.7 Å². The lowest BCUT2D eigenvalue weighted by Crippen LogP contribution is -2.57. The van der Waals surface area contributed by atoms with Crippen molar-refractivity contribution in [3.05, 3.63) is 105 Å². The number of nitro groups is 1. The van der Waals surface area contributed by atoms with Gasteiger partial charge >= 0.3 is 5.97 Å². The zero-order valence-corrected chi connectivity index (χ0v) is 23.8. The first-order valence-corrected chi connectivity index (χ1v) is 14.2. The van der Waals surface area contributed by atoms with Gasteiger partial charge in [-0.05, 0) is 66.4 Å². The maximum absolute atomic E-state index is 13.0. The molecule has 0 aromatic heterocycles. The van der Waals surface area contributed by atoms with E-state index in [1.165, 1.54) is 55.5 Å². The van der Waals surface area contributed by atoms with Crippen molar-refractivity contribution in [3.63, 3.8) is 0 Å². The van der Waals surface area contributed by atoms with Crippen LogP contribution in [-0.4, -0.2) is 36.4 Å². The minimum Gasteiger partial charge on any atom is -0.504 e. The molecular formula is C33H27NO11. The molecular weight excluding hydrogens is 586 g/mol. The van der Waals surface area contributed by atoms with E-state index in [-0.39, 0.29) is 52.0 Å². The van der Waals surface area contributed by atoms with Crippen molar-refractivity contribution in [2.75, 3.05) is 0 Å². The maximum Gasteiger partial charge on any atom is 0.307 e. The molecule has 3 aliphatic heterocycles. The van der Waals surface area contributed by atoms with E-state index < -0.39 is 39.9 Å². The number of aliphatic carboxylic acids is 1. The molecule has 2 bridgehead atoms. The quantitative estimate of drug-likeness (QED) is 0.108. The van der Waals surface area contributed by atoms with Crippen molar-refractivity contribution in [1.29, 1.82) is 0 Å². The monoisotopic (exact) mass is 613 g/mol. The number of non-ortho nitro benzene ring substituents is 1. The molecule has 0 radical (unpaired) electrons. The Labute approximate surface area is 255 Å². The number of phenolic OH excluding ortho intramolecular Hbond substituents is 4. The van der Waals surface area contributed by atoms with Crippen molar-refractivity contribution in [1.82, 2.24) is 0 Å². The molecule has 0 amide bonds. The Morgan fingerprint density at radius 1 is 0.911 bits per heavy atom. The number of carbonyl (C=O) groups is 1. The summed E-state index contributed by atoms with van der Waals surface area (Å²) >= 11 is 0. The summed E-state index contributed by atoms with van der Waals surface area (Å²) < 4.78 is 19.7. The molecule has 12 nitrogen and oxygen atoms in total. The molecule has 4 aromatic carbocycles. The number of hydrogen-bond donors (Lipinski definition) is 5. The van der Waals surface area contributed by atoms with E-state index in [9.17, 15) is 40.4 Å². The fraction of sp³-hybridized carbons (Fsp3) is 0.242. The smallest absolute Gasteiger partial charge is 0.307 e. The molecule has 3 aliphatic rings. The molecule has 0 saturated carbocycles. The standard InChI is InChI=1S/C33H27NO11/c1-16(31(39)40)32-15-33(19-5-8-23(36)25(38)13-19,44-27-11-6-20(34(41)42)14-21(27)32)45-28-10-4-17-3-9-26(43-30(17)29(28)32)18-2-7-22(35)24(37)12-18/h2,4-8,10-14,16,26,35-38H,3,9,15H2,1H3,(H,39,40)/t16?,26-,32+,33+/m1/s1. The molecule has 0 aliphatic carbocycles. The highest BCUT2D eigenvalue weighted by atomic mass is 16.7. The molecule has 0 fully saturated rings. The summed E-state index contributed by atoms with van der Waals surface area (Å²) in [4.78, 5) is 24.4. The Morgan fingerprint density at radius 2 is 1.60 bits per heavy atom. The first-order valence-electron chi connectivity index (χ1n) is 14.2. The zero-order chi connectivity index (χ0) is 31.8. The van der Waals surface area contributed by atoms with Gasteiger partial charge in [-0.2, -0.15) is 0 Å². The Morgan fingerprint density at radius 3 is 2.29 bits per heavy atom. The number of carboxylic acid groups (broad SMARTS) is 1. The van der Waals surface area contributed by atoms with E-state index in [1.54, 1.807) is 18.2 Å². The van der Waals surface area contributed by atoms with Crippen molar-refractivity contribution in [2.45, 2.75) is 43.5 Å². The van der Waals surface area contributed by atoms with Crippen LogP contribution in [0.15, 0.2) is 66.7 Å². The highest BCUT2D eigenvalue weighted by molar-refractivity contribution is 5.78. The average Bonchev–Trinajstić information content (AvgIpc) is 3.02. The largest absolute Gasteiger partial charge is 0.504 e. The lowest BCUT2D eigenvalue weighted by molar-refractivity contribution is -0.385. The highest BCUT2D eigenvalue weighted by Crippen LogP contribution is 2.65. The number of fused-ring (bicyclic) bond motifs is 8. The molecule has 0 spiro atoms. The van der Waals surface area contributed by atoms with Crippen molar-refractivity contribution >= 4 is 11.7 Å². The fourth-order valence-corrected chi connectivity index (χ4v) is 6.91. The predicted molar refractivity (Wildman–Crippen MR) is 156 cm³/mol. The van der Waals surface area contributed by atoms with Crippen molar-refractivity contribution in [3.8, 4) is 40.2 Å². The molecule has 4 aromatic rings. The van der Waals surface area contributed by atoms with Crippen LogP contribution in [0.5, 0.6) is 40.2 Å². The molecule has 12 heteroatoms. The molecule has 45 heavy (non-hydrogen) atoms. The first kappa shape index (κ1) is 28.1. The third-order valence-corrected chi connectivity index (χ3v) is 9.20. The molecule has 5 N–H and O–H groups in total. The summed E-state index contributed by atoms with van der Waals surface area (Å²) in [7, 11) is 0. The lowest BCUT2D eigenvalue weighted by atomic mass is 9.58. The summed E-state index contributed by atoms with van der Waals surface area (Å²) in [6.07, 6.45) is 0.267. The Bertz CT molecular complexity index is 1920. The van der Waals surface area contributed by atoms with E-state index in [0.29, 0.717) is 29.7 Å². The summed E-state index contributed by atoms with van der Waals surface area (Å²) in [5.41, 5.74) is 0.495. The van der Waals surface area contributed by atoms with E-state index in [1.807, 2.05) is 0 Å². The normalized spacial score (nSPS) is 23.2. The van der Waals surface area contributed by atoms with Gasteiger partial charge in [0.2, 0.25) is 0 Å². The van der Waals surface area contributed by atoms with E-state index in [0.717, 1.165) is 5.56 Å². The Kier molecular flexibility index (Phi) is 6.05. The fourth-order valence-electron chi connectivity index (χ4n) is 6.91. The number of benzene rings is 4. The third kappa shape index (κ3) is 4.09. The van der Waals surface area contributed by atoms with E-state index in [2.05, 4.69) is 0 Å². The van der Waals surface area contributed by atoms with E-state index in [4.69, 9.17) is 14.2 Å². The van der Waals surface area contributed by atoms with Crippen LogP contribution in [0.4, 0.5) is 5.69 Å².